The summed E-state index contributed by atoms with van der Waals surface area (Å²) in [5, 5.41) is 3.45. The van der Waals surface area contributed by atoms with Gasteiger partial charge in [0, 0.05) is 24.8 Å². The molecule has 1 aromatic rings. The fraction of sp³-hybridized carbons (Fsp3) is 0.571. The maximum Gasteiger partial charge on any atom is 0.122 e. The summed E-state index contributed by atoms with van der Waals surface area (Å²) >= 11 is 0. The van der Waals surface area contributed by atoms with Crippen molar-refractivity contribution < 1.29 is 14.2 Å². The van der Waals surface area contributed by atoms with E-state index in [1.807, 2.05) is 13.1 Å². The Hall–Kier alpha value is -1.26. The van der Waals surface area contributed by atoms with Gasteiger partial charge in [-0.2, -0.15) is 0 Å². The summed E-state index contributed by atoms with van der Waals surface area (Å²) in [4.78, 5) is 0. The van der Waals surface area contributed by atoms with Crippen molar-refractivity contribution in [2.24, 2.45) is 0 Å². The number of nitrogens with one attached hydrogen (secondary N) is 1. The van der Waals surface area contributed by atoms with Crippen LogP contribution in [0.5, 0.6) is 11.5 Å². The lowest BCUT2D eigenvalue weighted by Crippen LogP contribution is -2.44. The summed E-state index contributed by atoms with van der Waals surface area (Å²) in [7, 11) is 5.35. The molecule has 1 saturated heterocycles. The molecule has 0 aliphatic carbocycles. The lowest BCUT2D eigenvalue weighted by molar-refractivity contribution is 0.0397. The molecule has 1 N–H and O–H groups in total. The van der Waals surface area contributed by atoms with E-state index in [1.165, 1.54) is 5.56 Å². The van der Waals surface area contributed by atoms with Gasteiger partial charge in [-0.25, -0.2) is 0 Å². The monoisotopic (exact) mass is 251 g/mol. The van der Waals surface area contributed by atoms with Gasteiger partial charge in [0.2, 0.25) is 0 Å². The highest BCUT2D eigenvalue weighted by atomic mass is 16.5. The molecule has 4 nitrogen and oxygen atoms in total. The minimum Gasteiger partial charge on any atom is -0.497 e. The molecule has 100 valence electrons. The van der Waals surface area contributed by atoms with Gasteiger partial charge in [0.05, 0.1) is 14.2 Å². The van der Waals surface area contributed by atoms with Gasteiger partial charge in [-0.3, -0.25) is 0 Å². The lowest BCUT2D eigenvalue weighted by Gasteiger charge is -2.37. The van der Waals surface area contributed by atoms with Crippen molar-refractivity contribution in [3.8, 4) is 11.5 Å². The van der Waals surface area contributed by atoms with E-state index in [0.717, 1.165) is 37.6 Å². The number of hydrogen-bond acceptors (Lipinski definition) is 4. The van der Waals surface area contributed by atoms with E-state index in [2.05, 4.69) is 17.4 Å². The van der Waals surface area contributed by atoms with Gasteiger partial charge in [0.25, 0.3) is 0 Å². The molecule has 1 heterocycles. The molecule has 0 amide bonds. The van der Waals surface area contributed by atoms with Crippen LogP contribution in [0.4, 0.5) is 0 Å². The van der Waals surface area contributed by atoms with E-state index in [0.29, 0.717) is 0 Å². The SMILES string of the molecule is CNC1(c2cc(OC)cc(OC)c2)CCOCC1. The predicted octanol–water partition coefficient (Wildman–Crippen LogP) is 1.93. The quantitative estimate of drug-likeness (QED) is 0.887. The summed E-state index contributed by atoms with van der Waals surface area (Å²) in [6.45, 7) is 1.56. The number of rotatable bonds is 4. The molecule has 0 spiro atoms. The average molecular weight is 251 g/mol. The van der Waals surface area contributed by atoms with Crippen molar-refractivity contribution in [1.82, 2.24) is 5.32 Å². The third-order valence-electron chi connectivity index (χ3n) is 3.73. The van der Waals surface area contributed by atoms with Crippen LogP contribution in [0.15, 0.2) is 18.2 Å². The second kappa shape index (κ2) is 5.59. The van der Waals surface area contributed by atoms with Crippen LogP contribution < -0.4 is 14.8 Å². The van der Waals surface area contributed by atoms with Gasteiger partial charge in [-0.05, 0) is 37.6 Å². The molecule has 0 aromatic heterocycles. The van der Waals surface area contributed by atoms with Crippen molar-refractivity contribution in [2.75, 3.05) is 34.5 Å². The molecule has 0 unspecified atom stereocenters. The summed E-state index contributed by atoms with van der Waals surface area (Å²) in [6, 6.07) is 6.04. The van der Waals surface area contributed by atoms with E-state index in [-0.39, 0.29) is 5.54 Å². The second-order valence-electron chi connectivity index (χ2n) is 4.55. The van der Waals surface area contributed by atoms with E-state index in [9.17, 15) is 0 Å². The molecular weight excluding hydrogens is 230 g/mol. The fourth-order valence-corrected chi connectivity index (χ4v) is 2.49. The Morgan fingerprint density at radius 2 is 1.61 bits per heavy atom. The van der Waals surface area contributed by atoms with Crippen LogP contribution in [-0.2, 0) is 10.3 Å². The van der Waals surface area contributed by atoms with Crippen molar-refractivity contribution in [3.63, 3.8) is 0 Å². The Morgan fingerprint density at radius 1 is 1.06 bits per heavy atom. The molecule has 1 fully saturated rings. The largest absolute Gasteiger partial charge is 0.497 e. The zero-order valence-electron chi connectivity index (χ0n) is 11.3. The third kappa shape index (κ3) is 2.44. The first-order valence-electron chi connectivity index (χ1n) is 6.24. The fourth-order valence-electron chi connectivity index (χ4n) is 2.49. The number of ether oxygens (including phenoxy) is 3. The normalized spacial score (nSPS) is 18.4. The maximum absolute atomic E-state index is 5.46. The molecular formula is C14H21NO3. The average Bonchev–Trinajstić information content (AvgIpc) is 2.47. The van der Waals surface area contributed by atoms with Gasteiger partial charge in [-0.1, -0.05) is 0 Å². The van der Waals surface area contributed by atoms with E-state index in [1.54, 1.807) is 14.2 Å². The van der Waals surface area contributed by atoms with Crippen molar-refractivity contribution in [1.29, 1.82) is 0 Å². The minimum absolute atomic E-state index is 0.0416. The Morgan fingerprint density at radius 3 is 2.06 bits per heavy atom. The van der Waals surface area contributed by atoms with Gasteiger partial charge in [-0.15, -0.1) is 0 Å². The van der Waals surface area contributed by atoms with E-state index >= 15 is 0 Å². The Bertz CT molecular complexity index is 378. The highest BCUT2D eigenvalue weighted by Gasteiger charge is 2.33. The first-order chi connectivity index (χ1) is 8.74. The molecule has 1 aliphatic heterocycles. The molecule has 18 heavy (non-hydrogen) atoms. The summed E-state index contributed by atoms with van der Waals surface area (Å²) in [6.07, 6.45) is 1.92. The van der Waals surface area contributed by atoms with Crippen LogP contribution in [-0.4, -0.2) is 34.5 Å². The third-order valence-corrected chi connectivity index (χ3v) is 3.73. The first-order valence-corrected chi connectivity index (χ1v) is 6.24. The van der Waals surface area contributed by atoms with Crippen LogP contribution in [0.25, 0.3) is 0 Å². The highest BCUT2D eigenvalue weighted by molar-refractivity contribution is 5.42. The van der Waals surface area contributed by atoms with Gasteiger partial charge in [0.15, 0.2) is 0 Å². The lowest BCUT2D eigenvalue weighted by atomic mass is 9.82. The summed E-state index contributed by atoms with van der Waals surface area (Å²) in [5.74, 6) is 1.65. The zero-order chi connectivity index (χ0) is 13.0. The summed E-state index contributed by atoms with van der Waals surface area (Å²) < 4.78 is 16.1. The molecule has 4 heteroatoms. The van der Waals surface area contributed by atoms with Crippen LogP contribution in [0.2, 0.25) is 0 Å². The van der Waals surface area contributed by atoms with Gasteiger partial charge >= 0.3 is 0 Å². The maximum atomic E-state index is 5.46. The smallest absolute Gasteiger partial charge is 0.122 e. The van der Waals surface area contributed by atoms with E-state index in [4.69, 9.17) is 14.2 Å². The number of hydrogen-bond donors (Lipinski definition) is 1. The second-order valence-corrected chi connectivity index (χ2v) is 4.55. The Balaban J connectivity index is 2.40. The highest BCUT2D eigenvalue weighted by Crippen LogP contribution is 2.36. The van der Waals surface area contributed by atoms with E-state index < -0.39 is 0 Å². The predicted molar refractivity (Wildman–Crippen MR) is 70.3 cm³/mol. The van der Waals surface area contributed by atoms with Crippen LogP contribution >= 0.6 is 0 Å². The molecule has 0 saturated carbocycles. The topological polar surface area (TPSA) is 39.7 Å². The molecule has 1 aliphatic rings. The van der Waals surface area contributed by atoms with Crippen LogP contribution in [0, 0.1) is 0 Å². The molecule has 1 aromatic carbocycles. The molecule has 0 atom stereocenters. The Kier molecular flexibility index (Phi) is 4.09. The standard InChI is InChI=1S/C14H21NO3/c1-15-14(4-6-18-7-5-14)11-8-12(16-2)10-13(9-11)17-3/h8-10,15H,4-7H2,1-3H3. The summed E-state index contributed by atoms with van der Waals surface area (Å²) in [5.41, 5.74) is 1.16. The number of benzene rings is 1. The van der Waals surface area contributed by atoms with Gasteiger partial charge in [0.1, 0.15) is 11.5 Å². The first kappa shape index (κ1) is 13.2. The van der Waals surface area contributed by atoms with Crippen LogP contribution in [0.3, 0.4) is 0 Å². The zero-order valence-corrected chi connectivity index (χ0v) is 11.3. The molecule has 0 radical (unpaired) electrons. The van der Waals surface area contributed by atoms with Crippen molar-refractivity contribution >= 4 is 0 Å². The number of methoxy groups -OCH3 is 2. The van der Waals surface area contributed by atoms with Gasteiger partial charge < -0.3 is 19.5 Å². The van der Waals surface area contributed by atoms with Crippen molar-refractivity contribution in [3.05, 3.63) is 23.8 Å². The molecule has 0 bridgehead atoms. The van der Waals surface area contributed by atoms with Crippen molar-refractivity contribution in [2.45, 2.75) is 18.4 Å². The minimum atomic E-state index is -0.0416. The Labute approximate surface area is 108 Å². The van der Waals surface area contributed by atoms with Crippen LogP contribution in [0.1, 0.15) is 18.4 Å². The molecule has 2 rings (SSSR count).